The van der Waals surface area contributed by atoms with E-state index in [4.69, 9.17) is 0 Å². The highest BCUT2D eigenvalue weighted by Gasteiger charge is 2.52. The van der Waals surface area contributed by atoms with E-state index in [9.17, 15) is 32.9 Å². The van der Waals surface area contributed by atoms with Crippen LogP contribution in [0.15, 0.2) is 42.7 Å². The number of hydrogen-bond acceptors (Lipinski definition) is 5. The van der Waals surface area contributed by atoms with E-state index in [-0.39, 0.29) is 5.78 Å². The maximum atomic E-state index is 12.8. The number of hydrogen-bond donors (Lipinski definition) is 1. The fraction of sp³-hybridized carbons (Fsp3) is 0.235. The maximum absolute atomic E-state index is 12.8. The molecule has 0 spiro atoms. The van der Waals surface area contributed by atoms with Crippen molar-refractivity contribution in [1.82, 2.24) is 4.98 Å². The Labute approximate surface area is 150 Å². The highest BCUT2D eigenvalue weighted by molar-refractivity contribution is 6.06. The quantitative estimate of drug-likeness (QED) is 0.487. The number of nitrogens with one attached hydrogen (secondary N) is 1. The molecule has 1 heterocycles. The van der Waals surface area contributed by atoms with E-state index in [2.05, 4.69) is 4.98 Å². The van der Waals surface area contributed by atoms with E-state index >= 15 is 0 Å². The van der Waals surface area contributed by atoms with Crippen LogP contribution in [0, 0.1) is 10.1 Å². The van der Waals surface area contributed by atoms with Crippen LogP contribution in [-0.4, -0.2) is 27.8 Å². The number of carbonyl (C=O) groups is 2. The lowest BCUT2D eigenvalue weighted by atomic mass is 9.87. The maximum Gasteiger partial charge on any atom is 0.471 e. The molecule has 0 aliphatic heterocycles. The summed E-state index contributed by atoms with van der Waals surface area (Å²) in [7, 11) is 0. The van der Waals surface area contributed by atoms with Crippen molar-refractivity contribution in [2.45, 2.75) is 24.4 Å². The standard InChI is InChI=1S/C17H12F3N3O4/c18-17(19,20)15(25)22-12-4-3-11(8-13(12)23(26)27)16(5-6-16)14(24)10-2-1-7-21-9-10/h1-4,7-9H,5-6H2,(H,22,25). The molecule has 27 heavy (non-hydrogen) atoms. The molecule has 1 aliphatic rings. The van der Waals surface area contributed by atoms with Gasteiger partial charge in [-0.3, -0.25) is 24.7 Å². The number of aromatic nitrogens is 1. The number of amides is 1. The Hall–Kier alpha value is -3.30. The van der Waals surface area contributed by atoms with Crippen molar-refractivity contribution >= 4 is 23.1 Å². The Balaban J connectivity index is 1.96. The first-order valence-electron chi connectivity index (χ1n) is 7.77. The van der Waals surface area contributed by atoms with Crippen molar-refractivity contribution in [2.24, 2.45) is 0 Å². The summed E-state index contributed by atoms with van der Waals surface area (Å²) in [6.45, 7) is 0. The first kappa shape index (κ1) is 18.5. The van der Waals surface area contributed by atoms with Crippen molar-refractivity contribution in [3.05, 3.63) is 64.0 Å². The molecule has 1 N–H and O–H groups in total. The first-order chi connectivity index (χ1) is 12.6. The molecule has 2 aromatic rings. The van der Waals surface area contributed by atoms with Crippen LogP contribution in [0.25, 0.3) is 0 Å². The molecule has 1 fully saturated rings. The molecule has 0 radical (unpaired) electrons. The van der Waals surface area contributed by atoms with Crippen molar-refractivity contribution in [3.63, 3.8) is 0 Å². The van der Waals surface area contributed by atoms with Gasteiger partial charge in [0, 0.05) is 24.0 Å². The minimum absolute atomic E-state index is 0.267. The summed E-state index contributed by atoms with van der Waals surface area (Å²) in [6.07, 6.45) is -1.40. The topological polar surface area (TPSA) is 102 Å². The minimum Gasteiger partial charge on any atom is -0.312 e. The molecule has 1 aliphatic carbocycles. The van der Waals surface area contributed by atoms with Crippen LogP contribution in [0.2, 0.25) is 0 Å². The van der Waals surface area contributed by atoms with E-state index in [0.29, 0.717) is 24.0 Å². The van der Waals surface area contributed by atoms with E-state index in [1.165, 1.54) is 23.8 Å². The molecule has 140 valence electrons. The van der Waals surface area contributed by atoms with Crippen LogP contribution in [0.3, 0.4) is 0 Å². The summed E-state index contributed by atoms with van der Waals surface area (Å²) in [6, 6.07) is 6.52. The fourth-order valence-electron chi connectivity index (χ4n) is 2.82. The molecule has 0 atom stereocenters. The number of pyridine rings is 1. The largest absolute Gasteiger partial charge is 0.471 e. The average Bonchev–Trinajstić information content (AvgIpc) is 3.43. The molecule has 1 amide bonds. The summed E-state index contributed by atoms with van der Waals surface area (Å²) < 4.78 is 37.2. The van der Waals surface area contributed by atoms with Gasteiger partial charge in [-0.2, -0.15) is 13.2 Å². The normalized spacial score (nSPS) is 15.1. The molecule has 1 aromatic carbocycles. The Morgan fingerprint density at radius 1 is 1.22 bits per heavy atom. The van der Waals surface area contributed by atoms with Crippen LogP contribution in [0.1, 0.15) is 28.8 Å². The zero-order valence-electron chi connectivity index (χ0n) is 13.6. The van der Waals surface area contributed by atoms with Gasteiger partial charge < -0.3 is 5.32 Å². The third-order valence-corrected chi connectivity index (χ3v) is 4.36. The van der Waals surface area contributed by atoms with E-state index in [0.717, 1.165) is 12.1 Å². The highest BCUT2D eigenvalue weighted by Crippen LogP contribution is 2.51. The van der Waals surface area contributed by atoms with Gasteiger partial charge in [0.25, 0.3) is 5.69 Å². The number of nitrogens with zero attached hydrogens (tertiary/aromatic N) is 2. The molecule has 0 unspecified atom stereocenters. The van der Waals surface area contributed by atoms with Gasteiger partial charge in [0.2, 0.25) is 0 Å². The van der Waals surface area contributed by atoms with Crippen molar-refractivity contribution in [1.29, 1.82) is 0 Å². The van der Waals surface area contributed by atoms with Gasteiger partial charge in [0.05, 0.1) is 10.3 Å². The Morgan fingerprint density at radius 2 is 1.93 bits per heavy atom. The third-order valence-electron chi connectivity index (χ3n) is 4.36. The summed E-state index contributed by atoms with van der Waals surface area (Å²) in [5.74, 6) is -2.58. The number of nitro groups is 1. The fourth-order valence-corrected chi connectivity index (χ4v) is 2.82. The van der Waals surface area contributed by atoms with Crippen LogP contribution in [0.4, 0.5) is 24.5 Å². The van der Waals surface area contributed by atoms with Gasteiger partial charge in [-0.1, -0.05) is 6.07 Å². The minimum atomic E-state index is -5.18. The predicted molar refractivity (Wildman–Crippen MR) is 87.3 cm³/mol. The molecule has 1 saturated carbocycles. The number of Topliss-reactive ketones (excluding diaryl/α,β-unsaturated/α-hetero) is 1. The number of ketones is 1. The molecular formula is C17H12F3N3O4. The molecule has 7 nitrogen and oxygen atoms in total. The van der Waals surface area contributed by atoms with Gasteiger partial charge in [-0.05, 0) is 36.6 Å². The van der Waals surface area contributed by atoms with Crippen molar-refractivity contribution < 1.29 is 27.7 Å². The third kappa shape index (κ3) is 3.50. The second-order valence-electron chi connectivity index (χ2n) is 6.09. The number of benzene rings is 1. The summed E-state index contributed by atoms with van der Waals surface area (Å²) in [5.41, 5.74) is -1.62. The highest BCUT2D eigenvalue weighted by atomic mass is 19.4. The monoisotopic (exact) mass is 379 g/mol. The van der Waals surface area contributed by atoms with Crippen LogP contribution < -0.4 is 5.32 Å². The van der Waals surface area contributed by atoms with Crippen LogP contribution >= 0.6 is 0 Å². The molecule has 1 aromatic heterocycles. The van der Waals surface area contributed by atoms with E-state index in [1.54, 1.807) is 12.1 Å². The molecule has 0 bridgehead atoms. The summed E-state index contributed by atoms with van der Waals surface area (Å²) in [5, 5.41) is 12.8. The van der Waals surface area contributed by atoms with Crippen LogP contribution in [0.5, 0.6) is 0 Å². The number of halogens is 3. The molecule has 10 heteroatoms. The first-order valence-corrected chi connectivity index (χ1v) is 7.77. The average molecular weight is 379 g/mol. The number of rotatable bonds is 5. The lowest BCUT2D eigenvalue weighted by Crippen LogP contribution is -2.30. The molecule has 3 rings (SSSR count). The Kier molecular flexibility index (Phi) is 4.42. The lowest BCUT2D eigenvalue weighted by molar-refractivity contribution is -0.384. The molecule has 0 saturated heterocycles. The number of nitro benzene ring substituents is 1. The van der Waals surface area contributed by atoms with Gasteiger partial charge in [0.15, 0.2) is 5.78 Å². The van der Waals surface area contributed by atoms with Crippen LogP contribution in [-0.2, 0) is 10.2 Å². The van der Waals surface area contributed by atoms with Crippen molar-refractivity contribution in [3.8, 4) is 0 Å². The van der Waals surface area contributed by atoms with E-state index < -0.39 is 33.8 Å². The second-order valence-corrected chi connectivity index (χ2v) is 6.09. The van der Waals surface area contributed by atoms with E-state index in [1.807, 2.05) is 0 Å². The summed E-state index contributed by atoms with van der Waals surface area (Å²) >= 11 is 0. The Bertz CT molecular complexity index is 925. The smallest absolute Gasteiger partial charge is 0.312 e. The number of alkyl halides is 3. The Morgan fingerprint density at radius 3 is 2.44 bits per heavy atom. The van der Waals surface area contributed by atoms with Gasteiger partial charge in [0.1, 0.15) is 5.69 Å². The number of anilines is 1. The number of carbonyl (C=O) groups excluding carboxylic acids is 2. The molecular weight excluding hydrogens is 367 g/mol. The zero-order chi connectivity index (χ0) is 19.8. The SMILES string of the molecule is O=C(Nc1ccc(C2(C(=O)c3cccnc3)CC2)cc1[N+](=O)[O-])C(F)(F)F. The second kappa shape index (κ2) is 6.45. The van der Waals surface area contributed by atoms with Gasteiger partial charge in [-0.25, -0.2) is 0 Å². The van der Waals surface area contributed by atoms with Gasteiger partial charge >= 0.3 is 12.1 Å². The zero-order valence-corrected chi connectivity index (χ0v) is 13.6. The predicted octanol–water partition coefficient (Wildman–Crippen LogP) is 3.41. The van der Waals surface area contributed by atoms with Crippen molar-refractivity contribution in [2.75, 3.05) is 5.32 Å². The lowest BCUT2D eigenvalue weighted by Gasteiger charge is -2.16. The van der Waals surface area contributed by atoms with Gasteiger partial charge in [-0.15, -0.1) is 0 Å². The summed E-state index contributed by atoms with van der Waals surface area (Å²) in [4.78, 5) is 38.1.